The Morgan fingerprint density at radius 1 is 0.804 bits per heavy atom. The van der Waals surface area contributed by atoms with E-state index >= 15 is 0 Å². The van der Waals surface area contributed by atoms with Crippen LogP contribution in [0.2, 0.25) is 0 Å². The first-order valence-corrected chi connectivity index (χ1v) is 19.7. The minimum atomic E-state index is -1.82. The van der Waals surface area contributed by atoms with E-state index in [9.17, 15) is 9.59 Å². The largest absolute Gasteiger partial charge is 0.457 e. The van der Waals surface area contributed by atoms with E-state index in [1.807, 2.05) is 60.7 Å². The number of amides is 1. The maximum absolute atomic E-state index is 13.4. The van der Waals surface area contributed by atoms with Crippen LogP contribution < -0.4 is 5.32 Å². The van der Waals surface area contributed by atoms with E-state index < -0.39 is 59.4 Å². The van der Waals surface area contributed by atoms with E-state index in [0.29, 0.717) is 6.42 Å². The third-order valence-electron chi connectivity index (χ3n) is 9.07. The van der Waals surface area contributed by atoms with E-state index in [0.717, 1.165) is 30.4 Å². The van der Waals surface area contributed by atoms with Crippen molar-refractivity contribution in [2.24, 2.45) is 0 Å². The van der Waals surface area contributed by atoms with Gasteiger partial charge in [0.05, 0.1) is 13.2 Å². The Labute approximate surface area is 318 Å². The predicted molar refractivity (Wildman–Crippen MR) is 199 cm³/mol. The quantitative estimate of drug-likeness (QED) is 0.0761. The normalized spacial score (nSPS) is 23.3. The molecule has 0 spiro atoms. The number of nitrogens with one attached hydrogen (secondary N) is 1. The number of ether oxygens (including phenoxy) is 6. The fourth-order valence-corrected chi connectivity index (χ4v) is 6.53. The lowest BCUT2D eigenvalue weighted by molar-refractivity contribution is -0.346. The summed E-state index contributed by atoms with van der Waals surface area (Å²) in [6.45, 7) is 2.06. The van der Waals surface area contributed by atoms with Crippen LogP contribution in [-0.4, -0.2) is 59.7 Å². The van der Waals surface area contributed by atoms with Gasteiger partial charge in [-0.05, 0) is 12.0 Å². The summed E-state index contributed by atoms with van der Waals surface area (Å²) in [4.78, 5) is 26.5. The summed E-state index contributed by atoms with van der Waals surface area (Å²) < 4.78 is 34.5. The molecule has 51 heavy (non-hydrogen) atoms. The van der Waals surface area contributed by atoms with Crippen LogP contribution in [0.25, 0.3) is 0 Å². The lowest BCUT2D eigenvalue weighted by Crippen LogP contribution is -2.67. The van der Waals surface area contributed by atoms with Crippen molar-refractivity contribution in [3.05, 3.63) is 71.8 Å². The smallest absolute Gasteiger partial charge is 0.407 e. The first-order chi connectivity index (χ1) is 24.7. The molecule has 2 aliphatic rings. The number of alkyl halides is 3. The maximum atomic E-state index is 13.4. The Hall–Kier alpha value is -2.11. The van der Waals surface area contributed by atoms with Crippen molar-refractivity contribution in [3.8, 4) is 0 Å². The van der Waals surface area contributed by atoms with Gasteiger partial charge in [-0.3, -0.25) is 4.79 Å². The average Bonchev–Trinajstić information content (AvgIpc) is 3.13. The minimum Gasteiger partial charge on any atom is -0.457 e. The molecule has 0 bridgehead atoms. The van der Waals surface area contributed by atoms with Gasteiger partial charge in [0.25, 0.3) is 0 Å². The van der Waals surface area contributed by atoms with Crippen molar-refractivity contribution in [1.82, 2.24) is 5.32 Å². The average molecular weight is 771 g/mol. The van der Waals surface area contributed by atoms with Gasteiger partial charge in [0.1, 0.15) is 24.9 Å². The lowest BCUT2D eigenvalue weighted by Gasteiger charge is -2.48. The van der Waals surface area contributed by atoms with Gasteiger partial charge in [0.15, 0.2) is 18.7 Å². The SMILES string of the molecule is CCCCCCCCCCCCCCCC(=O)O[C@@H]1C(NC(=O)OCC(Cl)(Cl)Cl)[C@@H](OCc2ccccc2)OC2COC(c3ccccc3)O[C@H]21. The predicted octanol–water partition coefficient (Wildman–Crippen LogP) is 9.90. The van der Waals surface area contributed by atoms with Crippen LogP contribution in [0.4, 0.5) is 4.79 Å². The molecule has 0 aliphatic carbocycles. The number of hydrogen-bond donors (Lipinski definition) is 1. The van der Waals surface area contributed by atoms with E-state index in [2.05, 4.69) is 12.2 Å². The molecule has 1 N–H and O–H groups in total. The molecule has 1 amide bonds. The van der Waals surface area contributed by atoms with Gasteiger partial charge >= 0.3 is 12.1 Å². The first kappa shape index (κ1) is 41.6. The number of benzene rings is 2. The molecule has 2 fully saturated rings. The maximum Gasteiger partial charge on any atom is 0.407 e. The van der Waals surface area contributed by atoms with Crippen LogP contribution in [0.15, 0.2) is 60.7 Å². The number of halogens is 3. The molecule has 2 aliphatic heterocycles. The third-order valence-corrected chi connectivity index (χ3v) is 9.40. The molecule has 0 saturated carbocycles. The summed E-state index contributed by atoms with van der Waals surface area (Å²) >= 11 is 17.5. The van der Waals surface area contributed by atoms with Gasteiger partial charge < -0.3 is 33.7 Å². The second-order valence-corrected chi connectivity index (χ2v) is 15.8. The van der Waals surface area contributed by atoms with Crippen LogP contribution >= 0.6 is 34.8 Å². The number of alkyl carbamates (subject to hydrolysis) is 1. The second-order valence-electron chi connectivity index (χ2n) is 13.3. The zero-order valence-corrected chi connectivity index (χ0v) is 31.9. The second kappa shape index (κ2) is 22.8. The fraction of sp³-hybridized carbons (Fsp3) is 0.641. The topological polar surface area (TPSA) is 102 Å². The molecule has 12 heteroatoms. The zero-order chi connectivity index (χ0) is 36.3. The highest BCUT2D eigenvalue weighted by atomic mass is 35.6. The summed E-state index contributed by atoms with van der Waals surface area (Å²) in [5.74, 6) is -0.404. The molecule has 2 aromatic carbocycles. The van der Waals surface area contributed by atoms with Crippen molar-refractivity contribution in [2.75, 3.05) is 13.2 Å². The number of carbonyl (C=O) groups is 2. The Bertz CT molecular complexity index is 1270. The molecule has 2 aromatic rings. The first-order valence-electron chi connectivity index (χ1n) is 18.6. The third kappa shape index (κ3) is 15.4. The molecule has 3 unspecified atom stereocenters. The van der Waals surface area contributed by atoms with Gasteiger partial charge in [-0.15, -0.1) is 0 Å². The number of unbranched alkanes of at least 4 members (excludes halogenated alkanes) is 12. The monoisotopic (exact) mass is 769 g/mol. The molecule has 0 aromatic heterocycles. The van der Waals surface area contributed by atoms with Crippen molar-refractivity contribution < 1.29 is 38.0 Å². The summed E-state index contributed by atoms with van der Waals surface area (Å²) in [7, 11) is 0. The number of hydrogen-bond acceptors (Lipinski definition) is 8. The molecule has 284 valence electrons. The summed E-state index contributed by atoms with van der Waals surface area (Å²) in [5, 5.41) is 2.75. The van der Waals surface area contributed by atoms with Crippen LogP contribution in [-0.2, 0) is 39.8 Å². The van der Waals surface area contributed by atoms with Crippen LogP contribution in [0, 0.1) is 0 Å². The van der Waals surface area contributed by atoms with Crippen molar-refractivity contribution in [1.29, 1.82) is 0 Å². The number of esters is 1. The van der Waals surface area contributed by atoms with Crippen molar-refractivity contribution >= 4 is 46.9 Å². The molecule has 4 rings (SSSR count). The number of fused-ring (bicyclic) bond motifs is 1. The molecule has 6 atom stereocenters. The Kier molecular flexibility index (Phi) is 18.7. The minimum absolute atomic E-state index is 0.146. The van der Waals surface area contributed by atoms with E-state index in [4.69, 9.17) is 63.2 Å². The molecule has 9 nitrogen and oxygen atoms in total. The Morgan fingerprint density at radius 2 is 1.39 bits per heavy atom. The van der Waals surface area contributed by atoms with E-state index in [-0.39, 0.29) is 19.6 Å². The Balaban J connectivity index is 1.38. The van der Waals surface area contributed by atoms with Gasteiger partial charge in [-0.2, -0.15) is 0 Å². The van der Waals surface area contributed by atoms with Crippen LogP contribution in [0.1, 0.15) is 114 Å². The standard InChI is InChI=1S/C39H54Cl3NO8/c1-2-3-4-5-6-7-8-9-10-11-12-13-20-25-32(44)50-35-33(43-38(45)48-28-39(40,41)42)37(46-26-29-21-16-14-17-22-29)49-31-27-47-36(51-34(31)35)30-23-18-15-19-24-30/h14-19,21-24,31,33-37H,2-13,20,25-28H2,1H3,(H,43,45)/t31?,33?,34-,35-,36?,37+/m1/s1. The van der Waals surface area contributed by atoms with Crippen molar-refractivity contribution in [2.45, 2.75) is 144 Å². The number of carbonyl (C=O) groups excluding carboxylic acids is 2. The highest BCUT2D eigenvalue weighted by Crippen LogP contribution is 2.36. The highest BCUT2D eigenvalue weighted by molar-refractivity contribution is 6.67. The van der Waals surface area contributed by atoms with Crippen molar-refractivity contribution in [3.63, 3.8) is 0 Å². The van der Waals surface area contributed by atoms with Crippen LogP contribution in [0.5, 0.6) is 0 Å². The molecule has 2 heterocycles. The van der Waals surface area contributed by atoms with E-state index in [1.54, 1.807) is 0 Å². The number of rotatable bonds is 21. The van der Waals surface area contributed by atoms with Crippen LogP contribution in [0.3, 0.4) is 0 Å². The van der Waals surface area contributed by atoms with Gasteiger partial charge in [-0.1, -0.05) is 179 Å². The lowest BCUT2D eigenvalue weighted by atomic mass is 9.95. The molecule has 0 radical (unpaired) electrons. The van der Waals surface area contributed by atoms with Gasteiger partial charge in [-0.25, -0.2) is 4.79 Å². The highest BCUT2D eigenvalue weighted by Gasteiger charge is 2.53. The fourth-order valence-electron chi connectivity index (χ4n) is 6.36. The summed E-state index contributed by atoms with van der Waals surface area (Å²) in [5.41, 5.74) is 1.68. The molecular formula is C39H54Cl3NO8. The summed E-state index contributed by atoms with van der Waals surface area (Å²) in [6.07, 6.45) is 10.7. The summed E-state index contributed by atoms with van der Waals surface area (Å²) in [6, 6.07) is 17.9. The van der Waals surface area contributed by atoms with Gasteiger partial charge in [0.2, 0.25) is 3.79 Å². The van der Waals surface area contributed by atoms with E-state index in [1.165, 1.54) is 57.8 Å². The Morgan fingerprint density at radius 3 is 2.00 bits per heavy atom. The van der Waals surface area contributed by atoms with Gasteiger partial charge in [0, 0.05) is 12.0 Å². The molecule has 2 saturated heterocycles. The molecular weight excluding hydrogens is 717 g/mol. The zero-order valence-electron chi connectivity index (χ0n) is 29.7.